The molecular weight excluding hydrogens is 342 g/mol. The van der Waals surface area contributed by atoms with Crippen molar-refractivity contribution < 1.29 is 17.9 Å². The van der Waals surface area contributed by atoms with E-state index in [2.05, 4.69) is 5.32 Å². The van der Waals surface area contributed by atoms with Crippen LogP contribution in [0.25, 0.3) is 0 Å². The molecule has 1 saturated heterocycles. The number of carbonyl (C=O) groups excluding carboxylic acids is 1. The van der Waals surface area contributed by atoms with Gasteiger partial charge in [-0.25, -0.2) is 8.42 Å². The molecule has 1 heterocycles. The van der Waals surface area contributed by atoms with Crippen LogP contribution in [-0.4, -0.2) is 57.0 Å². The predicted molar refractivity (Wildman–Crippen MR) is 95.9 cm³/mol. The van der Waals surface area contributed by atoms with Crippen LogP contribution in [0.5, 0.6) is 0 Å². The number of amides is 1. The van der Waals surface area contributed by atoms with Gasteiger partial charge in [0, 0.05) is 25.2 Å². The molecule has 1 fully saturated rings. The fraction of sp³-hybridized carbons (Fsp3) is 0.588. The number of benzene rings is 1. The van der Waals surface area contributed by atoms with Crippen molar-refractivity contribution in [1.82, 2.24) is 9.62 Å². The zero-order valence-corrected chi connectivity index (χ0v) is 15.6. The second-order valence-corrected chi connectivity index (χ2v) is 8.17. The van der Waals surface area contributed by atoms with E-state index in [1.807, 2.05) is 13.8 Å². The number of nitrogens with one attached hydrogen (secondary N) is 1. The van der Waals surface area contributed by atoms with Gasteiger partial charge in [0.2, 0.25) is 10.0 Å². The molecule has 1 aliphatic heterocycles. The molecule has 1 aliphatic rings. The quantitative estimate of drug-likeness (QED) is 0.745. The van der Waals surface area contributed by atoms with E-state index < -0.39 is 21.5 Å². The van der Waals surface area contributed by atoms with Crippen molar-refractivity contribution in [2.45, 2.75) is 37.1 Å². The summed E-state index contributed by atoms with van der Waals surface area (Å²) in [6, 6.07) is 6.27. The van der Waals surface area contributed by atoms with Gasteiger partial charge < -0.3 is 15.8 Å². The highest BCUT2D eigenvalue weighted by molar-refractivity contribution is 7.89. The van der Waals surface area contributed by atoms with Gasteiger partial charge in [0.25, 0.3) is 5.91 Å². The minimum Gasteiger partial charge on any atom is -0.379 e. The van der Waals surface area contributed by atoms with E-state index in [1.165, 1.54) is 16.4 Å². The second-order valence-electron chi connectivity index (χ2n) is 6.26. The fourth-order valence-electron chi connectivity index (χ4n) is 2.66. The number of morpholine rings is 1. The van der Waals surface area contributed by atoms with Gasteiger partial charge in [-0.3, -0.25) is 4.79 Å². The lowest BCUT2D eigenvalue weighted by atomic mass is 9.94. The molecule has 1 aromatic carbocycles. The van der Waals surface area contributed by atoms with Gasteiger partial charge in [0.1, 0.15) is 0 Å². The maximum Gasteiger partial charge on any atom is 0.252 e. The molecule has 3 N–H and O–H groups in total. The number of nitrogens with zero attached hydrogens (tertiary/aromatic N) is 1. The average Bonchev–Trinajstić information content (AvgIpc) is 2.66. The number of hydrogen-bond donors (Lipinski definition) is 2. The van der Waals surface area contributed by atoms with E-state index in [-0.39, 0.29) is 23.5 Å². The van der Waals surface area contributed by atoms with Gasteiger partial charge in [-0.1, -0.05) is 26.0 Å². The SMILES string of the molecule is CCC(N)(CC)CNC(=O)c1ccccc1S(=O)(=O)N1CCOCC1. The Labute approximate surface area is 149 Å². The van der Waals surface area contributed by atoms with Gasteiger partial charge >= 0.3 is 0 Å². The van der Waals surface area contributed by atoms with E-state index >= 15 is 0 Å². The molecule has 140 valence electrons. The third kappa shape index (κ3) is 4.58. The van der Waals surface area contributed by atoms with Crippen molar-refractivity contribution >= 4 is 15.9 Å². The van der Waals surface area contributed by atoms with Gasteiger partial charge in [-0.15, -0.1) is 0 Å². The summed E-state index contributed by atoms with van der Waals surface area (Å²) in [4.78, 5) is 12.6. The normalized spacial score (nSPS) is 16.6. The van der Waals surface area contributed by atoms with Crippen LogP contribution in [0.4, 0.5) is 0 Å². The third-order valence-corrected chi connectivity index (χ3v) is 6.69. The second kappa shape index (κ2) is 8.27. The number of ether oxygens (including phenoxy) is 1. The Bertz CT molecular complexity index is 696. The Morgan fingerprint density at radius 1 is 1.24 bits per heavy atom. The zero-order chi connectivity index (χ0) is 18.5. The Morgan fingerprint density at radius 3 is 2.44 bits per heavy atom. The van der Waals surface area contributed by atoms with Crippen LogP contribution in [0, 0.1) is 0 Å². The lowest BCUT2D eigenvalue weighted by Gasteiger charge is -2.28. The summed E-state index contributed by atoms with van der Waals surface area (Å²) in [5.74, 6) is -0.427. The highest BCUT2D eigenvalue weighted by Crippen LogP contribution is 2.21. The summed E-state index contributed by atoms with van der Waals surface area (Å²) in [6.45, 7) is 5.52. The molecule has 0 spiro atoms. The van der Waals surface area contributed by atoms with Gasteiger partial charge in [-0.2, -0.15) is 4.31 Å². The summed E-state index contributed by atoms with van der Waals surface area (Å²) in [5.41, 5.74) is 5.86. The molecule has 0 atom stereocenters. The summed E-state index contributed by atoms with van der Waals surface area (Å²) in [6.07, 6.45) is 1.44. The smallest absolute Gasteiger partial charge is 0.252 e. The van der Waals surface area contributed by atoms with Crippen molar-refractivity contribution in [1.29, 1.82) is 0 Å². The standard InChI is InChI=1S/C17H27N3O4S/c1-3-17(18,4-2)13-19-16(21)14-7-5-6-8-15(14)25(22,23)20-9-11-24-12-10-20/h5-8H,3-4,9-13,18H2,1-2H3,(H,19,21). The number of rotatable bonds is 7. The van der Waals surface area contributed by atoms with Crippen LogP contribution in [-0.2, 0) is 14.8 Å². The van der Waals surface area contributed by atoms with E-state index in [9.17, 15) is 13.2 Å². The number of nitrogens with two attached hydrogens (primary N) is 1. The number of carbonyl (C=O) groups is 1. The van der Waals surface area contributed by atoms with Crippen molar-refractivity contribution in [3.05, 3.63) is 29.8 Å². The maximum absolute atomic E-state index is 12.9. The minimum absolute atomic E-state index is 0.0185. The van der Waals surface area contributed by atoms with Crippen LogP contribution in [0.1, 0.15) is 37.0 Å². The fourth-order valence-corrected chi connectivity index (χ4v) is 4.25. The maximum atomic E-state index is 12.9. The van der Waals surface area contributed by atoms with Crippen molar-refractivity contribution in [2.75, 3.05) is 32.8 Å². The third-order valence-electron chi connectivity index (χ3n) is 4.73. The lowest BCUT2D eigenvalue weighted by molar-refractivity contribution is 0.0729. The summed E-state index contributed by atoms with van der Waals surface area (Å²) in [7, 11) is -3.74. The first-order chi connectivity index (χ1) is 11.8. The molecule has 7 nitrogen and oxygen atoms in total. The average molecular weight is 369 g/mol. The lowest BCUT2D eigenvalue weighted by Crippen LogP contribution is -2.49. The summed E-state index contributed by atoms with van der Waals surface area (Å²) in [5, 5.41) is 2.79. The van der Waals surface area contributed by atoms with E-state index in [0.29, 0.717) is 19.8 Å². The minimum atomic E-state index is -3.74. The first-order valence-electron chi connectivity index (χ1n) is 8.58. The molecule has 0 bridgehead atoms. The van der Waals surface area contributed by atoms with Crippen LogP contribution < -0.4 is 11.1 Å². The molecule has 1 aromatic rings. The predicted octanol–water partition coefficient (Wildman–Crippen LogP) is 0.955. The van der Waals surface area contributed by atoms with Gasteiger partial charge in [-0.05, 0) is 25.0 Å². The molecule has 0 saturated carbocycles. The van der Waals surface area contributed by atoms with Crippen LogP contribution >= 0.6 is 0 Å². The Kier molecular flexibility index (Phi) is 6.56. The van der Waals surface area contributed by atoms with Crippen molar-refractivity contribution in [2.24, 2.45) is 5.73 Å². The van der Waals surface area contributed by atoms with Gasteiger partial charge in [0.05, 0.1) is 23.7 Å². The first kappa shape index (κ1) is 19.8. The van der Waals surface area contributed by atoms with Crippen molar-refractivity contribution in [3.63, 3.8) is 0 Å². The highest BCUT2D eigenvalue weighted by atomic mass is 32.2. The molecule has 8 heteroatoms. The van der Waals surface area contributed by atoms with E-state index in [1.54, 1.807) is 12.1 Å². The molecule has 1 amide bonds. The molecule has 0 aromatic heterocycles. The Hall–Kier alpha value is -1.48. The summed E-state index contributed by atoms with van der Waals surface area (Å²) < 4.78 is 32.3. The largest absolute Gasteiger partial charge is 0.379 e. The van der Waals surface area contributed by atoms with E-state index in [4.69, 9.17) is 10.5 Å². The monoisotopic (exact) mass is 369 g/mol. The molecule has 0 aliphatic carbocycles. The number of sulfonamides is 1. The Balaban J connectivity index is 2.24. The molecular formula is C17H27N3O4S. The van der Waals surface area contributed by atoms with Gasteiger partial charge in [0.15, 0.2) is 0 Å². The molecule has 25 heavy (non-hydrogen) atoms. The van der Waals surface area contributed by atoms with Crippen LogP contribution in [0.15, 0.2) is 29.2 Å². The topological polar surface area (TPSA) is 102 Å². The Morgan fingerprint density at radius 2 is 1.84 bits per heavy atom. The van der Waals surface area contributed by atoms with Crippen molar-refractivity contribution in [3.8, 4) is 0 Å². The zero-order valence-electron chi connectivity index (χ0n) is 14.8. The van der Waals surface area contributed by atoms with Crippen LogP contribution in [0.2, 0.25) is 0 Å². The molecule has 0 radical (unpaired) electrons. The highest BCUT2D eigenvalue weighted by Gasteiger charge is 2.30. The van der Waals surface area contributed by atoms with E-state index in [0.717, 1.165) is 12.8 Å². The number of hydrogen-bond acceptors (Lipinski definition) is 5. The van der Waals surface area contributed by atoms with Crippen LogP contribution in [0.3, 0.4) is 0 Å². The molecule has 2 rings (SSSR count). The summed E-state index contributed by atoms with van der Waals surface area (Å²) >= 11 is 0. The first-order valence-corrected chi connectivity index (χ1v) is 10.0. The molecule has 0 unspecified atom stereocenters.